The highest BCUT2D eigenvalue weighted by Gasteiger charge is 2.55. The summed E-state index contributed by atoms with van der Waals surface area (Å²) in [6, 6.07) is 122. The Kier molecular flexibility index (Phi) is 12.0. The lowest BCUT2D eigenvalue weighted by Gasteiger charge is -2.49. The van der Waals surface area contributed by atoms with E-state index in [9.17, 15) is 0 Å². The molecule has 0 amide bonds. The number of para-hydroxylation sites is 8. The van der Waals surface area contributed by atoms with Crippen molar-refractivity contribution in [1.29, 1.82) is 0 Å². The van der Waals surface area contributed by atoms with E-state index in [-0.39, 0.29) is 18.8 Å². The van der Waals surface area contributed by atoms with Crippen LogP contribution in [-0.2, 0) is 10.8 Å². The summed E-state index contributed by atoms with van der Waals surface area (Å²) in [4.78, 5) is 12.5. The number of hydrogen-bond donors (Lipinski definition) is 0. The molecule has 5 heterocycles. The van der Waals surface area contributed by atoms with Gasteiger partial charge in [-0.15, -0.1) is 0 Å². The number of anilines is 15. The van der Waals surface area contributed by atoms with Gasteiger partial charge in [0.2, 0.25) is 0 Å². The number of rotatable bonds is 7. The first-order chi connectivity index (χ1) is 47.8. The number of fused-ring (bicyclic) bond motifs is 17. The maximum atomic E-state index is 7.89. The molecule has 0 saturated heterocycles. The molecule has 0 bridgehead atoms. The third kappa shape index (κ3) is 7.98. The molecule has 14 aromatic rings. The van der Waals surface area contributed by atoms with E-state index >= 15 is 0 Å². The van der Waals surface area contributed by atoms with Crippen LogP contribution in [0.1, 0.15) is 48.6 Å². The molecule has 6 aliphatic rings. The van der Waals surface area contributed by atoms with E-state index in [4.69, 9.17) is 4.74 Å². The van der Waals surface area contributed by atoms with Gasteiger partial charge >= 0.3 is 0 Å². The first-order valence-corrected chi connectivity index (χ1v) is 33.9. The molecule has 0 saturated carbocycles. The van der Waals surface area contributed by atoms with Crippen molar-refractivity contribution in [3.05, 3.63) is 355 Å². The van der Waals surface area contributed by atoms with Crippen LogP contribution in [-0.4, -0.2) is 13.4 Å². The van der Waals surface area contributed by atoms with Gasteiger partial charge in [0.05, 0.1) is 22.5 Å². The van der Waals surface area contributed by atoms with Crippen LogP contribution in [0.4, 0.5) is 85.3 Å². The van der Waals surface area contributed by atoms with Crippen LogP contribution >= 0.6 is 0 Å². The minimum absolute atomic E-state index is 0.145. The topological polar surface area (TPSA) is 25.4 Å². The number of ether oxygens (including phenoxy) is 1. The average molecular weight is 1240 g/mol. The molecule has 0 aromatic heterocycles. The van der Waals surface area contributed by atoms with Crippen LogP contribution in [0.15, 0.2) is 328 Å². The minimum atomic E-state index is -0.836. The zero-order valence-electron chi connectivity index (χ0n) is 54.0. The smallest absolute Gasteiger partial charge is 0.256 e. The molecule has 97 heavy (non-hydrogen) atoms. The molecule has 0 atom stereocenters. The van der Waals surface area contributed by atoms with Gasteiger partial charge in [-0.1, -0.05) is 227 Å². The fourth-order valence-electron chi connectivity index (χ4n) is 17.3. The maximum absolute atomic E-state index is 7.89. The Morgan fingerprint density at radius 2 is 0.680 bits per heavy atom. The van der Waals surface area contributed by atoms with Crippen molar-refractivity contribution >= 4 is 132 Å². The monoisotopic (exact) mass is 1240 g/mol. The normalized spacial score (nSPS) is 14.2. The number of nitrogens with zero attached hydrogens (tertiary/aromatic N) is 5. The lowest BCUT2D eigenvalue weighted by atomic mass is 9.33. The van der Waals surface area contributed by atoms with Crippen molar-refractivity contribution in [1.82, 2.24) is 0 Å². The van der Waals surface area contributed by atoms with E-state index in [0.29, 0.717) is 0 Å². The fraction of sp³-hybridized carbons (Fsp3) is 0.0562. The van der Waals surface area contributed by atoms with Crippen molar-refractivity contribution in [3.63, 3.8) is 0 Å². The summed E-state index contributed by atoms with van der Waals surface area (Å²) in [6.45, 7) is 6.69. The van der Waals surface area contributed by atoms with E-state index in [1.807, 2.05) is 0 Å². The van der Waals surface area contributed by atoms with E-state index in [2.05, 4.69) is 373 Å². The first kappa shape index (κ1) is 55.5. The Morgan fingerprint density at radius 1 is 0.289 bits per heavy atom. The predicted octanol–water partition coefficient (Wildman–Crippen LogP) is 19.1. The largest absolute Gasteiger partial charge is 0.458 e. The van der Waals surface area contributed by atoms with Crippen LogP contribution < -0.4 is 62.0 Å². The van der Waals surface area contributed by atoms with Gasteiger partial charge in [0, 0.05) is 80.4 Å². The molecular weight excluding hydrogens is 1180 g/mol. The lowest BCUT2D eigenvalue weighted by molar-refractivity contribution is 0.487. The quantitative estimate of drug-likeness (QED) is 0.148. The van der Waals surface area contributed by atoms with E-state index in [1.54, 1.807) is 0 Å². The summed E-state index contributed by atoms with van der Waals surface area (Å²) in [5.74, 6) is 1.65. The number of benzene rings is 14. The predicted molar refractivity (Wildman–Crippen MR) is 405 cm³/mol. The highest BCUT2D eigenvalue weighted by atomic mass is 16.5. The van der Waals surface area contributed by atoms with Gasteiger partial charge in [-0.2, -0.15) is 0 Å². The molecule has 0 N–H and O–H groups in total. The summed E-state index contributed by atoms with van der Waals surface area (Å²) in [7, 11) is 0. The van der Waals surface area contributed by atoms with Crippen LogP contribution in [0.2, 0.25) is 0 Å². The molecule has 0 radical (unpaired) electrons. The van der Waals surface area contributed by atoms with Gasteiger partial charge in [-0.25, -0.2) is 0 Å². The Bertz CT molecular complexity index is 5450. The molecule has 0 unspecified atom stereocenters. The first-order valence-electron chi connectivity index (χ1n) is 33.9. The third-order valence-electron chi connectivity index (χ3n) is 21.3. The summed E-state index contributed by atoms with van der Waals surface area (Å²) < 4.78 is 7.89. The Hall–Kier alpha value is -12.0. The zero-order chi connectivity index (χ0) is 64.3. The zero-order valence-corrected chi connectivity index (χ0v) is 54.0. The van der Waals surface area contributed by atoms with Crippen LogP contribution in [0.25, 0.3) is 11.1 Å². The number of hydrogen-bond acceptors (Lipinski definition) is 6. The SMILES string of the molecule is CC(C)(C)c1cc2c3c(c1)N(c1ccccc1)c1cc4c(cc1B3c1ccccc1N2c1ccccc1)C1(c2ccccc2-c2ccccc21)c1cc2c(cc1N4c1ccccc1)Oc1cc(N(c3ccccc3)c3ccccc3)cc3c1B2c1ccccc1N3c1ccccc1. The van der Waals surface area contributed by atoms with Gasteiger partial charge in [-0.05, 0) is 186 Å². The molecule has 5 aliphatic heterocycles. The molecule has 6 nitrogen and oxygen atoms in total. The molecule has 456 valence electrons. The van der Waals surface area contributed by atoms with Crippen LogP contribution in [0, 0.1) is 0 Å². The second kappa shape index (κ2) is 21.0. The Morgan fingerprint density at radius 3 is 1.18 bits per heavy atom. The van der Waals surface area contributed by atoms with Crippen molar-refractivity contribution in [2.75, 3.05) is 24.5 Å². The molecular formula is C89H63B2N5O. The van der Waals surface area contributed by atoms with Crippen LogP contribution in [0.3, 0.4) is 0 Å². The van der Waals surface area contributed by atoms with Crippen LogP contribution in [0.5, 0.6) is 11.5 Å². The second-order valence-electron chi connectivity index (χ2n) is 27.5. The molecule has 1 aliphatic carbocycles. The summed E-state index contributed by atoms with van der Waals surface area (Å²) in [5.41, 5.74) is 31.6. The van der Waals surface area contributed by atoms with Gasteiger partial charge in [-0.3, -0.25) is 0 Å². The lowest BCUT2D eigenvalue weighted by Crippen LogP contribution is -2.62. The van der Waals surface area contributed by atoms with Crippen molar-refractivity contribution < 1.29 is 4.74 Å². The Labute approximate surface area is 567 Å². The average Bonchev–Trinajstić information content (AvgIpc) is 1.63. The van der Waals surface area contributed by atoms with Crippen molar-refractivity contribution in [3.8, 4) is 22.6 Å². The van der Waals surface area contributed by atoms with Crippen molar-refractivity contribution in [2.45, 2.75) is 31.6 Å². The standard InChI is InChI=1S/C89H63B2N5O/c1-88(2,3)58-50-81-86-82(51-58)96(64-40-20-9-21-41-64)80-56-78-70(54-74(80)90(86)72-46-26-28-48-76(72)93(81)61-34-14-6-15-35-61)89(68-44-24-22-42-66(68)67-43-23-25-45-69(67)89)71-55-75-84(57-79(71)95(78)63-38-18-8-19-39-63)97-85-53-65(92(59-30-10-4-11-31-59)60-32-12-5-13-33-60)52-83-87(85)91(75)73-47-27-29-49-77(73)94(83)62-36-16-7-17-37-62/h4-57H,1-3H3. The molecule has 8 heteroatoms. The van der Waals surface area contributed by atoms with E-state index < -0.39 is 5.41 Å². The molecule has 14 aromatic carbocycles. The van der Waals surface area contributed by atoms with Gasteiger partial charge in [0.25, 0.3) is 13.4 Å². The minimum Gasteiger partial charge on any atom is -0.458 e. The second-order valence-corrected chi connectivity index (χ2v) is 27.5. The van der Waals surface area contributed by atoms with Gasteiger partial charge in [0.1, 0.15) is 11.5 Å². The Balaban J connectivity index is 0.905. The maximum Gasteiger partial charge on any atom is 0.256 e. The summed E-state index contributed by atoms with van der Waals surface area (Å²) in [5, 5.41) is 0. The molecule has 1 spiro atoms. The van der Waals surface area contributed by atoms with E-state index in [0.717, 1.165) is 90.7 Å². The molecule has 0 fully saturated rings. The summed E-state index contributed by atoms with van der Waals surface area (Å²) in [6.07, 6.45) is 0. The molecule has 20 rings (SSSR count). The van der Waals surface area contributed by atoms with Gasteiger partial charge in [0.15, 0.2) is 0 Å². The third-order valence-corrected chi connectivity index (χ3v) is 21.3. The van der Waals surface area contributed by atoms with Crippen molar-refractivity contribution in [2.24, 2.45) is 0 Å². The van der Waals surface area contributed by atoms with Gasteiger partial charge < -0.3 is 29.2 Å². The summed E-state index contributed by atoms with van der Waals surface area (Å²) >= 11 is 0. The van der Waals surface area contributed by atoms with E-state index in [1.165, 1.54) is 77.9 Å². The fourth-order valence-corrected chi connectivity index (χ4v) is 17.3. The highest BCUT2D eigenvalue weighted by Crippen LogP contribution is 2.65. The highest BCUT2D eigenvalue weighted by molar-refractivity contribution is 7.01.